The molecule has 0 aromatic heterocycles. The first-order valence-corrected chi connectivity index (χ1v) is 9.34. The summed E-state index contributed by atoms with van der Waals surface area (Å²) in [4.78, 5) is 38.5. The lowest BCUT2D eigenvalue weighted by Gasteiger charge is -2.45. The molecule has 1 unspecified atom stereocenters. The maximum absolute atomic E-state index is 13.2. The molecule has 2 atom stereocenters. The Morgan fingerprint density at radius 3 is 1.59 bits per heavy atom. The molecule has 0 saturated carbocycles. The second kappa shape index (κ2) is 5.78. The lowest BCUT2D eigenvalue weighted by molar-refractivity contribution is -0.142. The molecule has 1 saturated heterocycles. The van der Waals surface area contributed by atoms with Gasteiger partial charge in [-0.3, -0.25) is 19.3 Å². The molecule has 5 nitrogen and oxygen atoms in total. The van der Waals surface area contributed by atoms with Crippen molar-refractivity contribution in [2.75, 3.05) is 6.54 Å². The quantitative estimate of drug-likeness (QED) is 0.850. The van der Waals surface area contributed by atoms with E-state index in [2.05, 4.69) is 24.3 Å². The van der Waals surface area contributed by atoms with Crippen molar-refractivity contribution in [3.8, 4) is 0 Å². The monoisotopic (exact) mass is 361 g/mol. The second-order valence-electron chi connectivity index (χ2n) is 7.59. The smallest absolute Gasteiger partial charge is 0.303 e. The zero-order valence-corrected chi connectivity index (χ0v) is 14.7. The van der Waals surface area contributed by atoms with Crippen LogP contribution in [0.2, 0.25) is 0 Å². The van der Waals surface area contributed by atoms with Crippen molar-refractivity contribution in [3.63, 3.8) is 0 Å². The van der Waals surface area contributed by atoms with Gasteiger partial charge in [0.1, 0.15) is 0 Å². The van der Waals surface area contributed by atoms with Gasteiger partial charge in [0, 0.05) is 24.8 Å². The third kappa shape index (κ3) is 2.14. The van der Waals surface area contributed by atoms with Crippen molar-refractivity contribution < 1.29 is 19.5 Å². The lowest BCUT2D eigenvalue weighted by atomic mass is 9.55. The van der Waals surface area contributed by atoms with Gasteiger partial charge < -0.3 is 5.11 Å². The number of imide groups is 1. The number of hydrogen-bond donors (Lipinski definition) is 1. The highest BCUT2D eigenvalue weighted by Crippen LogP contribution is 2.60. The summed E-state index contributed by atoms with van der Waals surface area (Å²) in [7, 11) is 0. The Bertz CT molecular complexity index is 866. The Morgan fingerprint density at radius 2 is 1.22 bits per heavy atom. The first-order chi connectivity index (χ1) is 13.1. The maximum Gasteiger partial charge on any atom is 0.303 e. The molecular weight excluding hydrogens is 342 g/mol. The number of carboxylic acids is 1. The number of aliphatic carboxylic acids is 1. The van der Waals surface area contributed by atoms with Crippen LogP contribution in [-0.2, 0) is 14.4 Å². The van der Waals surface area contributed by atoms with E-state index in [9.17, 15) is 14.4 Å². The highest BCUT2D eigenvalue weighted by atomic mass is 16.4. The molecule has 2 aromatic rings. The van der Waals surface area contributed by atoms with E-state index in [4.69, 9.17) is 5.11 Å². The van der Waals surface area contributed by atoms with Gasteiger partial charge in [-0.2, -0.15) is 0 Å². The van der Waals surface area contributed by atoms with Crippen LogP contribution in [0.1, 0.15) is 46.9 Å². The number of hydrogen-bond acceptors (Lipinski definition) is 3. The first kappa shape index (κ1) is 16.2. The summed E-state index contributed by atoms with van der Waals surface area (Å²) in [5.74, 6) is -2.16. The number of rotatable bonds is 4. The summed E-state index contributed by atoms with van der Waals surface area (Å²) in [5, 5.41) is 8.87. The Balaban J connectivity index is 1.60. The SMILES string of the molecule is O=C(O)CCCN1C(=O)C2C3c4ccccc4C(c4ccccc43)[C@@H]2C1=O. The molecular formula is C22H19NO4. The van der Waals surface area contributed by atoms with Crippen LogP contribution in [0.5, 0.6) is 0 Å². The molecule has 2 aromatic carbocycles. The summed E-state index contributed by atoms with van der Waals surface area (Å²) < 4.78 is 0. The molecule has 6 rings (SSSR count). The van der Waals surface area contributed by atoms with Gasteiger partial charge in [0.2, 0.25) is 11.8 Å². The molecule has 2 amide bonds. The summed E-state index contributed by atoms with van der Waals surface area (Å²) in [6, 6.07) is 16.3. The zero-order valence-electron chi connectivity index (χ0n) is 14.7. The number of nitrogens with zero attached hydrogens (tertiary/aromatic N) is 1. The molecule has 27 heavy (non-hydrogen) atoms. The lowest BCUT2D eigenvalue weighted by Crippen LogP contribution is -2.41. The molecule has 3 aliphatic carbocycles. The van der Waals surface area contributed by atoms with Crippen molar-refractivity contribution in [2.45, 2.75) is 24.7 Å². The fourth-order valence-electron chi connectivity index (χ4n) is 5.35. The van der Waals surface area contributed by atoms with E-state index in [1.54, 1.807) is 0 Å². The van der Waals surface area contributed by atoms with E-state index < -0.39 is 5.97 Å². The van der Waals surface area contributed by atoms with Crippen LogP contribution in [0.3, 0.4) is 0 Å². The molecule has 2 bridgehead atoms. The van der Waals surface area contributed by atoms with Crippen LogP contribution in [0.15, 0.2) is 48.5 Å². The highest BCUT2D eigenvalue weighted by molar-refractivity contribution is 6.07. The Labute approximate surface area is 156 Å². The van der Waals surface area contributed by atoms with Gasteiger partial charge in [0.25, 0.3) is 0 Å². The Hall–Kier alpha value is -2.95. The number of amides is 2. The summed E-state index contributed by atoms with van der Waals surface area (Å²) in [5.41, 5.74) is 4.60. The van der Waals surface area contributed by atoms with Crippen molar-refractivity contribution >= 4 is 17.8 Å². The van der Waals surface area contributed by atoms with Crippen LogP contribution in [0.4, 0.5) is 0 Å². The minimum absolute atomic E-state index is 0.0420. The van der Waals surface area contributed by atoms with Gasteiger partial charge in [-0.15, -0.1) is 0 Å². The van der Waals surface area contributed by atoms with E-state index in [0.29, 0.717) is 6.42 Å². The number of carbonyl (C=O) groups is 3. The number of carbonyl (C=O) groups excluding carboxylic acids is 2. The van der Waals surface area contributed by atoms with E-state index in [1.807, 2.05) is 24.3 Å². The highest BCUT2D eigenvalue weighted by Gasteiger charge is 2.61. The number of benzene rings is 2. The van der Waals surface area contributed by atoms with Crippen molar-refractivity contribution in [1.29, 1.82) is 0 Å². The van der Waals surface area contributed by atoms with Gasteiger partial charge in [-0.05, 0) is 28.7 Å². The summed E-state index contributed by atoms with van der Waals surface area (Å²) in [6.07, 6.45) is 0.251. The van der Waals surface area contributed by atoms with Crippen molar-refractivity contribution in [3.05, 3.63) is 70.8 Å². The van der Waals surface area contributed by atoms with Gasteiger partial charge in [0.05, 0.1) is 11.8 Å². The minimum atomic E-state index is -0.911. The van der Waals surface area contributed by atoms with E-state index >= 15 is 0 Å². The van der Waals surface area contributed by atoms with Crippen LogP contribution >= 0.6 is 0 Å². The summed E-state index contributed by atoms with van der Waals surface area (Å²) >= 11 is 0. The van der Waals surface area contributed by atoms with Crippen LogP contribution in [0.25, 0.3) is 0 Å². The molecule has 0 radical (unpaired) electrons. The Kier molecular flexibility index (Phi) is 3.47. The Morgan fingerprint density at radius 1 is 0.815 bits per heavy atom. The average Bonchev–Trinajstić information content (AvgIpc) is 2.93. The molecule has 5 heteroatoms. The largest absolute Gasteiger partial charge is 0.481 e. The molecule has 1 fully saturated rings. The molecule has 1 heterocycles. The van der Waals surface area contributed by atoms with E-state index in [1.165, 1.54) is 4.90 Å². The standard InChI is InChI=1S/C22H19NO4/c24-16(25)10-5-11-23-21(26)19-17-12-6-1-2-7-13(12)18(20(19)22(23)27)15-9-4-3-8-14(15)17/h1-4,6-9,17-20H,5,10-11H2,(H,24,25)/t17?,18?,19-,20?/m0/s1. The molecule has 4 aliphatic rings. The van der Waals surface area contributed by atoms with Crippen molar-refractivity contribution in [1.82, 2.24) is 4.90 Å². The average molecular weight is 361 g/mol. The van der Waals surface area contributed by atoms with Gasteiger partial charge in [-0.25, -0.2) is 0 Å². The predicted octanol–water partition coefficient (Wildman–Crippen LogP) is 2.74. The molecule has 136 valence electrons. The van der Waals surface area contributed by atoms with Crippen molar-refractivity contribution in [2.24, 2.45) is 11.8 Å². The second-order valence-corrected chi connectivity index (χ2v) is 7.59. The normalized spacial score (nSPS) is 27.3. The van der Waals surface area contributed by atoms with E-state index in [-0.39, 0.29) is 48.5 Å². The van der Waals surface area contributed by atoms with Crippen LogP contribution in [-0.4, -0.2) is 34.3 Å². The third-order valence-electron chi connectivity index (χ3n) is 6.31. The van der Waals surface area contributed by atoms with Gasteiger partial charge in [0.15, 0.2) is 0 Å². The van der Waals surface area contributed by atoms with E-state index in [0.717, 1.165) is 22.3 Å². The number of likely N-dealkylation sites (tertiary alicyclic amines) is 1. The minimum Gasteiger partial charge on any atom is -0.481 e. The predicted molar refractivity (Wildman–Crippen MR) is 97.1 cm³/mol. The van der Waals surface area contributed by atoms with Gasteiger partial charge in [-0.1, -0.05) is 48.5 Å². The van der Waals surface area contributed by atoms with Crippen LogP contribution in [0, 0.1) is 11.8 Å². The topological polar surface area (TPSA) is 74.7 Å². The maximum atomic E-state index is 13.2. The third-order valence-corrected chi connectivity index (χ3v) is 6.31. The molecule has 0 spiro atoms. The van der Waals surface area contributed by atoms with Gasteiger partial charge >= 0.3 is 5.97 Å². The molecule has 1 N–H and O–H groups in total. The number of carboxylic acid groups (broad SMARTS) is 1. The summed E-state index contributed by atoms with van der Waals surface area (Å²) in [6.45, 7) is 0.184. The fourth-order valence-corrected chi connectivity index (χ4v) is 5.35. The zero-order chi connectivity index (χ0) is 18.7. The molecule has 1 aliphatic heterocycles. The van der Waals surface area contributed by atoms with Crippen LogP contribution < -0.4 is 0 Å². The first-order valence-electron chi connectivity index (χ1n) is 9.34. The fraction of sp³-hybridized carbons (Fsp3) is 0.318.